The van der Waals surface area contributed by atoms with Gasteiger partial charge >= 0.3 is 0 Å². The molecule has 6 nitrogen and oxygen atoms in total. The summed E-state index contributed by atoms with van der Waals surface area (Å²) in [5, 5.41) is 3.04. The molecule has 1 aromatic heterocycles. The van der Waals surface area contributed by atoms with Gasteiger partial charge < -0.3 is 19.4 Å². The van der Waals surface area contributed by atoms with Crippen molar-refractivity contribution in [3.8, 4) is 11.5 Å². The number of amides is 1. The minimum atomic E-state index is 0.0299. The van der Waals surface area contributed by atoms with Crippen LogP contribution in [0.15, 0.2) is 72.8 Å². The number of fused-ring (bicyclic) bond motifs is 1. The van der Waals surface area contributed by atoms with Crippen LogP contribution in [0.3, 0.4) is 0 Å². The van der Waals surface area contributed by atoms with Gasteiger partial charge in [0, 0.05) is 19.5 Å². The quantitative estimate of drug-likeness (QED) is 0.254. The van der Waals surface area contributed by atoms with Gasteiger partial charge in [0.1, 0.15) is 17.3 Å². The number of aromatic nitrogens is 2. The van der Waals surface area contributed by atoms with Crippen LogP contribution in [-0.2, 0) is 24.2 Å². The van der Waals surface area contributed by atoms with Crippen LogP contribution in [0, 0.1) is 6.92 Å². The summed E-state index contributed by atoms with van der Waals surface area (Å²) in [4.78, 5) is 17.2. The molecule has 188 valence electrons. The standard InChI is InChI=1S/C30H35N3O3/c1-23-11-15-26(16-12-23)36-21-6-5-20-33-28-9-4-3-8-27(28)32-29(33)10-7-19-31-30(34)22-24-13-17-25(35-2)18-14-24/h3-4,8-9,11-18H,5-7,10,19-22H2,1-2H3,(H,31,34). The molecule has 6 heteroatoms. The molecular weight excluding hydrogens is 450 g/mol. The number of nitrogens with zero attached hydrogens (tertiary/aromatic N) is 2. The maximum Gasteiger partial charge on any atom is 0.224 e. The van der Waals surface area contributed by atoms with E-state index in [4.69, 9.17) is 14.5 Å². The van der Waals surface area contributed by atoms with E-state index < -0.39 is 0 Å². The lowest BCUT2D eigenvalue weighted by molar-refractivity contribution is -0.120. The molecule has 1 heterocycles. The first-order chi connectivity index (χ1) is 17.6. The molecule has 4 rings (SSSR count). The highest BCUT2D eigenvalue weighted by atomic mass is 16.5. The summed E-state index contributed by atoms with van der Waals surface area (Å²) in [6.45, 7) is 4.30. The van der Waals surface area contributed by atoms with E-state index in [1.807, 2.05) is 42.5 Å². The molecule has 0 bridgehead atoms. The second kappa shape index (κ2) is 12.8. The van der Waals surface area contributed by atoms with E-state index in [1.54, 1.807) is 7.11 Å². The zero-order chi connectivity index (χ0) is 25.2. The van der Waals surface area contributed by atoms with Crippen molar-refractivity contribution in [3.63, 3.8) is 0 Å². The maximum atomic E-state index is 12.3. The molecule has 3 aromatic carbocycles. The second-order valence-corrected chi connectivity index (χ2v) is 9.02. The van der Waals surface area contributed by atoms with Crippen molar-refractivity contribution in [2.24, 2.45) is 0 Å². The van der Waals surface area contributed by atoms with Crippen LogP contribution in [-0.4, -0.2) is 35.7 Å². The SMILES string of the molecule is COc1ccc(CC(=O)NCCCc2nc3ccccc3n2CCCCOc2ccc(C)cc2)cc1. The highest BCUT2D eigenvalue weighted by molar-refractivity contribution is 5.78. The van der Waals surface area contributed by atoms with Crippen LogP contribution in [0.1, 0.15) is 36.2 Å². The lowest BCUT2D eigenvalue weighted by atomic mass is 10.1. The summed E-state index contributed by atoms with van der Waals surface area (Å²) in [5.41, 5.74) is 4.39. The minimum absolute atomic E-state index is 0.0299. The minimum Gasteiger partial charge on any atom is -0.497 e. The number of nitrogens with one attached hydrogen (secondary N) is 1. The van der Waals surface area contributed by atoms with Crippen molar-refractivity contribution < 1.29 is 14.3 Å². The van der Waals surface area contributed by atoms with Crippen LogP contribution in [0.2, 0.25) is 0 Å². The summed E-state index contributed by atoms with van der Waals surface area (Å²) in [6.07, 6.45) is 4.01. The molecule has 0 unspecified atom stereocenters. The Bertz CT molecular complexity index is 1250. The Morgan fingerprint density at radius 1 is 0.917 bits per heavy atom. The summed E-state index contributed by atoms with van der Waals surface area (Å²) < 4.78 is 13.4. The number of unbranched alkanes of at least 4 members (excludes halogenated alkanes) is 1. The number of hydrogen-bond acceptors (Lipinski definition) is 4. The predicted octanol–water partition coefficient (Wildman–Crippen LogP) is 5.50. The summed E-state index contributed by atoms with van der Waals surface area (Å²) in [5.74, 6) is 2.81. The fourth-order valence-electron chi connectivity index (χ4n) is 4.23. The van der Waals surface area contributed by atoms with Crippen molar-refractivity contribution in [2.75, 3.05) is 20.3 Å². The molecule has 0 aliphatic carbocycles. The number of para-hydroxylation sites is 2. The van der Waals surface area contributed by atoms with E-state index in [-0.39, 0.29) is 5.91 Å². The summed E-state index contributed by atoms with van der Waals surface area (Å²) >= 11 is 0. The number of rotatable bonds is 13. The van der Waals surface area contributed by atoms with Gasteiger partial charge in [-0.1, -0.05) is 42.0 Å². The molecule has 1 N–H and O–H groups in total. The molecule has 0 radical (unpaired) electrons. The molecular formula is C30H35N3O3. The van der Waals surface area contributed by atoms with Gasteiger partial charge in [-0.05, 0) is 68.1 Å². The second-order valence-electron chi connectivity index (χ2n) is 9.02. The Hall–Kier alpha value is -3.80. The maximum absolute atomic E-state index is 12.3. The number of ether oxygens (including phenoxy) is 2. The van der Waals surface area contributed by atoms with Crippen LogP contribution < -0.4 is 14.8 Å². The lowest BCUT2D eigenvalue weighted by Gasteiger charge is -2.11. The third-order valence-electron chi connectivity index (χ3n) is 6.22. The lowest BCUT2D eigenvalue weighted by Crippen LogP contribution is -2.26. The van der Waals surface area contributed by atoms with Gasteiger partial charge in [0.25, 0.3) is 0 Å². The zero-order valence-corrected chi connectivity index (χ0v) is 21.2. The third-order valence-corrected chi connectivity index (χ3v) is 6.22. The van der Waals surface area contributed by atoms with Crippen molar-refractivity contribution in [3.05, 3.63) is 89.7 Å². The molecule has 0 saturated heterocycles. The Kier molecular flexibility index (Phi) is 8.98. The molecule has 0 fully saturated rings. The van der Waals surface area contributed by atoms with Crippen LogP contribution in [0.4, 0.5) is 0 Å². The number of carbonyl (C=O) groups excluding carboxylic acids is 1. The van der Waals surface area contributed by atoms with Gasteiger partial charge in [-0.3, -0.25) is 4.79 Å². The van der Waals surface area contributed by atoms with E-state index in [9.17, 15) is 4.79 Å². The topological polar surface area (TPSA) is 65.4 Å². The smallest absolute Gasteiger partial charge is 0.224 e. The number of benzene rings is 3. The number of hydrogen-bond donors (Lipinski definition) is 1. The number of methoxy groups -OCH3 is 1. The summed E-state index contributed by atoms with van der Waals surface area (Å²) in [6, 6.07) is 24.1. The Labute approximate surface area is 213 Å². The Morgan fingerprint density at radius 3 is 2.44 bits per heavy atom. The van der Waals surface area contributed by atoms with Crippen molar-refractivity contribution >= 4 is 16.9 Å². The third kappa shape index (κ3) is 7.11. The van der Waals surface area contributed by atoms with E-state index in [2.05, 4.69) is 47.1 Å². The van der Waals surface area contributed by atoms with E-state index in [0.29, 0.717) is 19.6 Å². The van der Waals surface area contributed by atoms with Crippen LogP contribution >= 0.6 is 0 Å². The Morgan fingerprint density at radius 2 is 1.67 bits per heavy atom. The molecule has 0 atom stereocenters. The average Bonchev–Trinajstić information content (AvgIpc) is 3.25. The monoisotopic (exact) mass is 485 g/mol. The largest absolute Gasteiger partial charge is 0.497 e. The first-order valence-corrected chi connectivity index (χ1v) is 12.7. The van der Waals surface area contributed by atoms with Gasteiger partial charge in [-0.25, -0.2) is 4.98 Å². The number of aryl methyl sites for hydroxylation is 3. The van der Waals surface area contributed by atoms with E-state index in [0.717, 1.165) is 66.1 Å². The first kappa shape index (κ1) is 25.3. The summed E-state index contributed by atoms with van der Waals surface area (Å²) in [7, 11) is 1.64. The first-order valence-electron chi connectivity index (χ1n) is 12.7. The molecule has 0 spiro atoms. The van der Waals surface area contributed by atoms with Crippen LogP contribution in [0.25, 0.3) is 11.0 Å². The normalized spacial score (nSPS) is 10.9. The molecule has 0 saturated carbocycles. The zero-order valence-electron chi connectivity index (χ0n) is 21.2. The highest BCUT2D eigenvalue weighted by Crippen LogP contribution is 2.19. The van der Waals surface area contributed by atoms with E-state index >= 15 is 0 Å². The molecule has 1 amide bonds. The van der Waals surface area contributed by atoms with E-state index in [1.165, 1.54) is 5.56 Å². The van der Waals surface area contributed by atoms with Gasteiger partial charge in [-0.2, -0.15) is 0 Å². The van der Waals surface area contributed by atoms with Gasteiger partial charge in [0.05, 0.1) is 31.2 Å². The highest BCUT2D eigenvalue weighted by Gasteiger charge is 2.11. The van der Waals surface area contributed by atoms with Crippen LogP contribution in [0.5, 0.6) is 11.5 Å². The molecule has 36 heavy (non-hydrogen) atoms. The Balaban J connectivity index is 1.24. The van der Waals surface area contributed by atoms with Gasteiger partial charge in [0.15, 0.2) is 0 Å². The molecule has 0 aliphatic rings. The van der Waals surface area contributed by atoms with Crippen molar-refractivity contribution in [2.45, 2.75) is 45.6 Å². The number of carbonyl (C=O) groups is 1. The fourth-order valence-corrected chi connectivity index (χ4v) is 4.23. The fraction of sp³-hybridized carbons (Fsp3) is 0.333. The predicted molar refractivity (Wildman–Crippen MR) is 144 cm³/mol. The van der Waals surface area contributed by atoms with Crippen molar-refractivity contribution in [1.29, 1.82) is 0 Å². The molecule has 4 aromatic rings. The molecule has 0 aliphatic heterocycles. The van der Waals surface area contributed by atoms with Crippen molar-refractivity contribution in [1.82, 2.24) is 14.9 Å². The van der Waals surface area contributed by atoms with Gasteiger partial charge in [0.2, 0.25) is 5.91 Å². The van der Waals surface area contributed by atoms with Gasteiger partial charge in [-0.15, -0.1) is 0 Å². The average molecular weight is 486 g/mol. The number of imidazole rings is 1.